The summed E-state index contributed by atoms with van der Waals surface area (Å²) in [4.78, 5) is 11.1. The van der Waals surface area contributed by atoms with Gasteiger partial charge in [0, 0.05) is 6.08 Å². The highest BCUT2D eigenvalue weighted by atomic mass is 16.5. The highest BCUT2D eigenvalue weighted by Crippen LogP contribution is 2.19. The molecule has 86 valence electrons. The van der Waals surface area contributed by atoms with E-state index in [0.29, 0.717) is 5.75 Å². The van der Waals surface area contributed by atoms with Crippen molar-refractivity contribution in [2.45, 2.75) is 33.1 Å². The molecule has 0 saturated carbocycles. The van der Waals surface area contributed by atoms with E-state index in [1.165, 1.54) is 17.2 Å². The third-order valence-electron chi connectivity index (χ3n) is 2.51. The normalized spacial score (nSPS) is 9.88. The summed E-state index contributed by atoms with van der Waals surface area (Å²) in [5.74, 6) is 0.187. The van der Waals surface area contributed by atoms with Crippen LogP contribution >= 0.6 is 0 Å². The van der Waals surface area contributed by atoms with Gasteiger partial charge in [-0.3, -0.25) is 0 Å². The third kappa shape index (κ3) is 3.54. The first-order valence-corrected chi connectivity index (χ1v) is 5.61. The van der Waals surface area contributed by atoms with Gasteiger partial charge < -0.3 is 4.74 Å². The molecule has 0 radical (unpaired) electrons. The first kappa shape index (κ1) is 12.5. The van der Waals surface area contributed by atoms with Gasteiger partial charge in [-0.05, 0) is 43.0 Å². The molecular weight excluding hydrogens is 200 g/mol. The molecule has 1 rings (SSSR count). The van der Waals surface area contributed by atoms with Crippen LogP contribution in [0.5, 0.6) is 5.75 Å². The predicted octanol–water partition coefficient (Wildman–Crippen LogP) is 3.43. The minimum atomic E-state index is -0.412. The highest BCUT2D eigenvalue weighted by Gasteiger charge is 2.03. The average Bonchev–Trinajstić information content (AvgIpc) is 2.29. The number of hydrogen-bond donors (Lipinski definition) is 0. The van der Waals surface area contributed by atoms with Crippen LogP contribution < -0.4 is 4.74 Å². The molecule has 2 nitrogen and oxygen atoms in total. The van der Waals surface area contributed by atoms with Crippen LogP contribution in [0.15, 0.2) is 30.9 Å². The maximum Gasteiger partial charge on any atom is 0.335 e. The van der Waals surface area contributed by atoms with Gasteiger partial charge in [-0.15, -0.1) is 0 Å². The third-order valence-corrected chi connectivity index (χ3v) is 2.51. The second-order valence-corrected chi connectivity index (χ2v) is 3.82. The molecule has 1 aromatic rings. The lowest BCUT2D eigenvalue weighted by molar-refractivity contribution is -0.128. The van der Waals surface area contributed by atoms with Crippen molar-refractivity contribution in [3.05, 3.63) is 42.0 Å². The standard InChI is InChI=1S/C14H18O2/c1-4-6-7-12-10-13(9-8-11(12)3)16-14(15)5-2/h5,8-10H,2,4,6-7H2,1,3H3. The van der Waals surface area contributed by atoms with Gasteiger partial charge in [-0.25, -0.2) is 4.79 Å². The number of benzene rings is 1. The van der Waals surface area contributed by atoms with Crippen molar-refractivity contribution in [3.63, 3.8) is 0 Å². The number of carbonyl (C=O) groups excluding carboxylic acids is 1. The minimum absolute atomic E-state index is 0.412. The SMILES string of the molecule is C=CC(=O)Oc1ccc(C)c(CCCC)c1. The Hall–Kier alpha value is -1.57. The molecule has 0 amide bonds. The molecule has 0 aliphatic carbocycles. The Labute approximate surface area is 96.9 Å². The molecule has 0 fully saturated rings. The molecule has 0 spiro atoms. The van der Waals surface area contributed by atoms with Gasteiger partial charge in [-0.2, -0.15) is 0 Å². The lowest BCUT2D eigenvalue weighted by Gasteiger charge is -2.08. The molecule has 2 heteroatoms. The predicted molar refractivity (Wildman–Crippen MR) is 65.6 cm³/mol. The van der Waals surface area contributed by atoms with Crippen molar-refractivity contribution in [1.29, 1.82) is 0 Å². The van der Waals surface area contributed by atoms with Crippen LogP contribution in [0, 0.1) is 6.92 Å². The Kier molecular flexibility index (Phi) is 4.77. The van der Waals surface area contributed by atoms with Crippen LogP contribution in [0.25, 0.3) is 0 Å². The van der Waals surface area contributed by atoms with Crippen molar-refractivity contribution in [2.75, 3.05) is 0 Å². The molecule has 0 heterocycles. The van der Waals surface area contributed by atoms with Gasteiger partial charge in [0.2, 0.25) is 0 Å². The average molecular weight is 218 g/mol. The zero-order valence-corrected chi connectivity index (χ0v) is 9.95. The molecule has 0 aliphatic rings. The van der Waals surface area contributed by atoms with Gasteiger partial charge >= 0.3 is 5.97 Å². The van der Waals surface area contributed by atoms with E-state index in [1.54, 1.807) is 0 Å². The quantitative estimate of drug-likeness (QED) is 0.430. The number of carbonyl (C=O) groups is 1. The lowest BCUT2D eigenvalue weighted by atomic mass is 10.0. The Morgan fingerprint density at radius 1 is 1.50 bits per heavy atom. The number of rotatable bonds is 5. The van der Waals surface area contributed by atoms with E-state index in [0.717, 1.165) is 19.3 Å². The number of unbranched alkanes of at least 4 members (excludes halogenated alkanes) is 1. The lowest BCUT2D eigenvalue weighted by Crippen LogP contribution is -2.03. The summed E-state index contributed by atoms with van der Waals surface area (Å²) in [7, 11) is 0. The summed E-state index contributed by atoms with van der Waals surface area (Å²) in [6.45, 7) is 7.61. The second-order valence-electron chi connectivity index (χ2n) is 3.82. The molecule has 0 N–H and O–H groups in total. The number of aryl methyl sites for hydroxylation is 2. The number of ether oxygens (including phenoxy) is 1. The van der Waals surface area contributed by atoms with Gasteiger partial charge in [0.25, 0.3) is 0 Å². The molecular formula is C14H18O2. The largest absolute Gasteiger partial charge is 0.423 e. The summed E-state index contributed by atoms with van der Waals surface area (Å²) in [6.07, 6.45) is 4.52. The highest BCUT2D eigenvalue weighted by molar-refractivity contribution is 5.83. The number of esters is 1. The van der Waals surface area contributed by atoms with Crippen LogP contribution in [-0.2, 0) is 11.2 Å². The number of hydrogen-bond acceptors (Lipinski definition) is 2. The summed E-state index contributed by atoms with van der Waals surface area (Å²) >= 11 is 0. The van der Waals surface area contributed by atoms with Crippen molar-refractivity contribution >= 4 is 5.97 Å². The maximum absolute atomic E-state index is 11.1. The Bertz CT molecular complexity index is 380. The summed E-state index contributed by atoms with van der Waals surface area (Å²) in [5, 5.41) is 0. The topological polar surface area (TPSA) is 26.3 Å². The van der Waals surface area contributed by atoms with Crippen LogP contribution in [-0.4, -0.2) is 5.97 Å². The van der Waals surface area contributed by atoms with Gasteiger partial charge in [0.05, 0.1) is 0 Å². The molecule has 0 unspecified atom stereocenters. The summed E-state index contributed by atoms with van der Waals surface area (Å²) in [5.41, 5.74) is 2.49. The van der Waals surface area contributed by atoms with E-state index < -0.39 is 5.97 Å². The van der Waals surface area contributed by atoms with Crippen molar-refractivity contribution < 1.29 is 9.53 Å². The van der Waals surface area contributed by atoms with Crippen molar-refractivity contribution in [2.24, 2.45) is 0 Å². The van der Waals surface area contributed by atoms with Crippen molar-refractivity contribution in [1.82, 2.24) is 0 Å². The second kappa shape index (κ2) is 6.11. The fourth-order valence-corrected chi connectivity index (χ4v) is 1.51. The molecule has 0 aliphatic heterocycles. The van der Waals surface area contributed by atoms with Crippen molar-refractivity contribution in [3.8, 4) is 5.75 Å². The Balaban J connectivity index is 2.80. The zero-order valence-electron chi connectivity index (χ0n) is 9.95. The van der Waals surface area contributed by atoms with E-state index in [2.05, 4.69) is 20.4 Å². The molecule has 0 bridgehead atoms. The van der Waals surface area contributed by atoms with E-state index in [-0.39, 0.29) is 0 Å². The molecule has 1 aromatic carbocycles. The first-order chi connectivity index (χ1) is 7.67. The van der Waals surface area contributed by atoms with Crippen LogP contribution in [0.3, 0.4) is 0 Å². The van der Waals surface area contributed by atoms with E-state index in [1.807, 2.05) is 18.2 Å². The minimum Gasteiger partial charge on any atom is -0.423 e. The molecule has 16 heavy (non-hydrogen) atoms. The Morgan fingerprint density at radius 3 is 2.88 bits per heavy atom. The summed E-state index contributed by atoms with van der Waals surface area (Å²) in [6, 6.07) is 5.73. The zero-order chi connectivity index (χ0) is 12.0. The molecule has 0 atom stereocenters. The van der Waals surface area contributed by atoms with Gasteiger partial charge in [-0.1, -0.05) is 26.0 Å². The first-order valence-electron chi connectivity index (χ1n) is 5.61. The Morgan fingerprint density at radius 2 is 2.25 bits per heavy atom. The van der Waals surface area contributed by atoms with E-state index >= 15 is 0 Å². The van der Waals surface area contributed by atoms with Gasteiger partial charge in [0.1, 0.15) is 5.75 Å². The van der Waals surface area contributed by atoms with Gasteiger partial charge in [0.15, 0.2) is 0 Å². The fourth-order valence-electron chi connectivity index (χ4n) is 1.51. The van der Waals surface area contributed by atoms with Crippen LogP contribution in [0.2, 0.25) is 0 Å². The smallest absolute Gasteiger partial charge is 0.335 e. The van der Waals surface area contributed by atoms with E-state index in [9.17, 15) is 4.79 Å². The van der Waals surface area contributed by atoms with E-state index in [4.69, 9.17) is 4.74 Å². The molecule has 0 saturated heterocycles. The monoisotopic (exact) mass is 218 g/mol. The summed E-state index contributed by atoms with van der Waals surface area (Å²) < 4.78 is 5.08. The molecule has 0 aromatic heterocycles. The fraction of sp³-hybridized carbons (Fsp3) is 0.357. The maximum atomic E-state index is 11.1. The van der Waals surface area contributed by atoms with Crippen LogP contribution in [0.4, 0.5) is 0 Å². The van der Waals surface area contributed by atoms with Crippen LogP contribution in [0.1, 0.15) is 30.9 Å².